The molecule has 0 radical (unpaired) electrons. The second-order valence-electron chi connectivity index (χ2n) is 4.52. The number of hydrogen-bond donors (Lipinski definition) is 2. The van der Waals surface area contributed by atoms with E-state index in [1.54, 1.807) is 0 Å². The van der Waals surface area contributed by atoms with Crippen molar-refractivity contribution in [2.75, 3.05) is 5.43 Å². The van der Waals surface area contributed by atoms with Crippen LogP contribution < -0.4 is 5.43 Å². The van der Waals surface area contributed by atoms with Gasteiger partial charge in [0.2, 0.25) is 10.6 Å². The van der Waals surface area contributed by atoms with Gasteiger partial charge in [-0.3, -0.25) is 25.3 Å². The molecule has 0 spiro atoms. The van der Waals surface area contributed by atoms with Gasteiger partial charge < -0.3 is 0 Å². The standard InChI is InChI=1S/C13H9N7O3S/c21-12(8-1-3-9(4-2-8)20(22)23)18-19-11(16-17-13(19)24)10-7-14-5-6-15-10/h1-7H,(H,17,24)(H,18,21). The van der Waals surface area contributed by atoms with Gasteiger partial charge in [-0.1, -0.05) is 0 Å². The summed E-state index contributed by atoms with van der Waals surface area (Å²) in [6, 6.07) is 5.18. The van der Waals surface area contributed by atoms with Crippen LogP contribution in [0, 0.1) is 14.9 Å². The molecule has 1 amide bonds. The van der Waals surface area contributed by atoms with Crippen LogP contribution in [0.4, 0.5) is 5.69 Å². The van der Waals surface area contributed by atoms with Crippen LogP contribution in [0.3, 0.4) is 0 Å². The number of rotatable bonds is 4. The molecule has 0 bridgehead atoms. The van der Waals surface area contributed by atoms with Crippen LogP contribution >= 0.6 is 12.2 Å². The highest BCUT2D eigenvalue weighted by molar-refractivity contribution is 7.71. The van der Waals surface area contributed by atoms with Crippen molar-refractivity contribution in [1.29, 1.82) is 0 Å². The predicted molar refractivity (Wildman–Crippen MR) is 85.2 cm³/mol. The molecule has 0 unspecified atom stereocenters. The Bertz CT molecular complexity index is 950. The number of benzene rings is 1. The molecule has 3 aromatic rings. The maximum Gasteiger partial charge on any atom is 0.270 e. The van der Waals surface area contributed by atoms with E-state index in [1.807, 2.05) is 0 Å². The molecule has 0 aliphatic rings. The van der Waals surface area contributed by atoms with Gasteiger partial charge in [-0.05, 0) is 24.4 Å². The lowest BCUT2D eigenvalue weighted by Crippen LogP contribution is -2.24. The van der Waals surface area contributed by atoms with E-state index in [9.17, 15) is 14.9 Å². The highest BCUT2D eigenvalue weighted by Gasteiger charge is 2.15. The van der Waals surface area contributed by atoms with Crippen LogP contribution in [0.5, 0.6) is 0 Å². The van der Waals surface area contributed by atoms with Crippen LogP contribution in [0.2, 0.25) is 0 Å². The second-order valence-corrected chi connectivity index (χ2v) is 4.91. The first-order chi connectivity index (χ1) is 11.6. The van der Waals surface area contributed by atoms with Crippen molar-refractivity contribution in [2.24, 2.45) is 0 Å². The summed E-state index contributed by atoms with van der Waals surface area (Å²) in [6.45, 7) is 0. The smallest absolute Gasteiger partial charge is 0.267 e. The maximum atomic E-state index is 12.3. The number of nitrogens with one attached hydrogen (secondary N) is 2. The van der Waals surface area contributed by atoms with E-state index in [0.717, 1.165) is 0 Å². The monoisotopic (exact) mass is 343 g/mol. The molecule has 3 rings (SSSR count). The van der Waals surface area contributed by atoms with Crippen LogP contribution in [0.1, 0.15) is 10.4 Å². The predicted octanol–water partition coefficient (Wildman–Crippen LogP) is 1.69. The van der Waals surface area contributed by atoms with Crippen molar-refractivity contribution in [1.82, 2.24) is 24.8 Å². The molecule has 2 heterocycles. The topological polar surface area (TPSA) is 132 Å². The number of aromatic nitrogens is 5. The Morgan fingerprint density at radius 3 is 2.67 bits per heavy atom. The molecular weight excluding hydrogens is 334 g/mol. The van der Waals surface area contributed by atoms with Gasteiger partial charge in [-0.2, -0.15) is 5.10 Å². The van der Waals surface area contributed by atoms with E-state index in [1.165, 1.54) is 47.5 Å². The van der Waals surface area contributed by atoms with Crippen molar-refractivity contribution >= 4 is 23.8 Å². The van der Waals surface area contributed by atoms with Crippen LogP contribution in [0.25, 0.3) is 11.5 Å². The third-order valence-electron chi connectivity index (χ3n) is 3.02. The molecule has 24 heavy (non-hydrogen) atoms. The molecule has 0 atom stereocenters. The van der Waals surface area contributed by atoms with Crippen LogP contribution in [-0.4, -0.2) is 35.7 Å². The normalized spacial score (nSPS) is 10.3. The van der Waals surface area contributed by atoms with E-state index in [0.29, 0.717) is 5.69 Å². The van der Waals surface area contributed by atoms with Crippen LogP contribution in [-0.2, 0) is 0 Å². The van der Waals surface area contributed by atoms with Gasteiger partial charge in [-0.15, -0.1) is 0 Å². The molecule has 0 saturated heterocycles. The molecule has 0 fully saturated rings. The van der Waals surface area contributed by atoms with Crippen molar-refractivity contribution in [3.05, 3.63) is 63.3 Å². The molecule has 2 aromatic heterocycles. The molecule has 120 valence electrons. The summed E-state index contributed by atoms with van der Waals surface area (Å²) in [5.41, 5.74) is 3.10. The summed E-state index contributed by atoms with van der Waals surface area (Å²) in [5.74, 6) is -0.226. The zero-order chi connectivity index (χ0) is 17.1. The van der Waals surface area contributed by atoms with E-state index >= 15 is 0 Å². The minimum atomic E-state index is -0.542. The maximum absolute atomic E-state index is 12.3. The molecular formula is C13H9N7O3S. The second kappa shape index (κ2) is 6.34. The fourth-order valence-corrected chi connectivity index (χ4v) is 2.07. The highest BCUT2D eigenvalue weighted by atomic mass is 32.1. The number of H-pyrrole nitrogens is 1. The summed E-state index contributed by atoms with van der Waals surface area (Å²) in [5, 5.41) is 17.2. The molecule has 11 heteroatoms. The molecule has 0 saturated carbocycles. The number of hydrogen-bond acceptors (Lipinski definition) is 7. The van der Waals surface area contributed by atoms with Crippen molar-refractivity contribution in [3.63, 3.8) is 0 Å². The number of carbonyl (C=O) groups is 1. The van der Waals surface area contributed by atoms with Gasteiger partial charge in [0.15, 0.2) is 0 Å². The van der Waals surface area contributed by atoms with E-state index in [2.05, 4.69) is 25.6 Å². The lowest BCUT2D eigenvalue weighted by atomic mass is 10.2. The molecule has 10 nitrogen and oxygen atoms in total. The molecule has 0 aliphatic heterocycles. The lowest BCUT2D eigenvalue weighted by molar-refractivity contribution is -0.384. The fraction of sp³-hybridized carbons (Fsp3) is 0. The summed E-state index contributed by atoms with van der Waals surface area (Å²) < 4.78 is 1.41. The Balaban J connectivity index is 1.89. The van der Waals surface area contributed by atoms with Gasteiger partial charge in [0.25, 0.3) is 11.6 Å². The van der Waals surface area contributed by atoms with Gasteiger partial charge >= 0.3 is 0 Å². The van der Waals surface area contributed by atoms with E-state index in [-0.39, 0.29) is 21.8 Å². The zero-order valence-corrected chi connectivity index (χ0v) is 12.7. The SMILES string of the molecule is O=C(Nn1c(-c2cnccn2)n[nH]c1=S)c1ccc([N+](=O)[O-])cc1. The quantitative estimate of drug-likeness (QED) is 0.418. The minimum Gasteiger partial charge on any atom is -0.267 e. The lowest BCUT2D eigenvalue weighted by Gasteiger charge is -2.08. The number of amides is 1. The van der Waals surface area contributed by atoms with Gasteiger partial charge in [0.05, 0.1) is 11.1 Å². The third kappa shape index (κ3) is 3.01. The van der Waals surface area contributed by atoms with Crippen LogP contribution in [0.15, 0.2) is 42.9 Å². The number of aromatic amines is 1. The Morgan fingerprint density at radius 1 is 1.29 bits per heavy atom. The molecule has 0 aliphatic carbocycles. The summed E-state index contributed by atoms with van der Waals surface area (Å²) in [4.78, 5) is 30.4. The number of non-ortho nitro benzene ring substituents is 1. The summed E-state index contributed by atoms with van der Waals surface area (Å²) >= 11 is 5.09. The van der Waals surface area contributed by atoms with Crippen molar-refractivity contribution in [2.45, 2.75) is 0 Å². The Labute approximate surface area is 139 Å². The number of nitrogens with zero attached hydrogens (tertiary/aromatic N) is 5. The first kappa shape index (κ1) is 15.4. The number of nitro benzene ring substituents is 1. The molecule has 2 N–H and O–H groups in total. The average molecular weight is 343 g/mol. The third-order valence-corrected chi connectivity index (χ3v) is 3.29. The Morgan fingerprint density at radius 2 is 2.04 bits per heavy atom. The fourth-order valence-electron chi connectivity index (χ4n) is 1.89. The van der Waals surface area contributed by atoms with Crippen molar-refractivity contribution in [3.8, 4) is 11.5 Å². The Hall–Kier alpha value is -3.47. The first-order valence-electron chi connectivity index (χ1n) is 6.56. The average Bonchev–Trinajstić information content (AvgIpc) is 2.96. The highest BCUT2D eigenvalue weighted by Crippen LogP contribution is 2.14. The minimum absolute atomic E-state index is 0.105. The number of carbonyl (C=O) groups excluding carboxylic acids is 1. The number of nitro groups is 1. The Kier molecular flexibility index (Phi) is 4.07. The van der Waals surface area contributed by atoms with Crippen molar-refractivity contribution < 1.29 is 9.72 Å². The van der Waals surface area contributed by atoms with Gasteiger partial charge in [-0.25, -0.2) is 14.8 Å². The zero-order valence-electron chi connectivity index (χ0n) is 11.9. The molecule has 1 aromatic carbocycles. The largest absolute Gasteiger partial charge is 0.270 e. The van der Waals surface area contributed by atoms with E-state index in [4.69, 9.17) is 12.2 Å². The van der Waals surface area contributed by atoms with E-state index < -0.39 is 10.8 Å². The van der Waals surface area contributed by atoms with Gasteiger partial charge in [0.1, 0.15) is 5.69 Å². The van der Waals surface area contributed by atoms with Gasteiger partial charge in [0, 0.05) is 30.1 Å². The summed E-state index contributed by atoms with van der Waals surface area (Å²) in [6.07, 6.45) is 4.46. The summed E-state index contributed by atoms with van der Waals surface area (Å²) in [7, 11) is 0. The first-order valence-corrected chi connectivity index (χ1v) is 6.96.